The van der Waals surface area contributed by atoms with Gasteiger partial charge in [-0.15, -0.1) is 10.2 Å². The SMILES string of the molecule is C[C@H](Nc1ccc2c(c1)OC1(CCCCC1)O2)c1nnc(-c2ccccc2)o1. The van der Waals surface area contributed by atoms with Gasteiger partial charge in [0, 0.05) is 30.2 Å². The van der Waals surface area contributed by atoms with Gasteiger partial charge in [0.1, 0.15) is 6.04 Å². The second kappa shape index (κ2) is 6.86. The third-order valence-electron chi connectivity index (χ3n) is 5.37. The molecule has 1 spiro atoms. The van der Waals surface area contributed by atoms with Crippen LogP contribution in [0, 0.1) is 0 Å². The molecule has 3 aromatic rings. The highest BCUT2D eigenvalue weighted by Gasteiger charge is 2.42. The molecule has 2 heterocycles. The summed E-state index contributed by atoms with van der Waals surface area (Å²) >= 11 is 0. The first-order chi connectivity index (χ1) is 13.7. The van der Waals surface area contributed by atoms with Crippen LogP contribution in [0.25, 0.3) is 11.5 Å². The fraction of sp³-hybridized carbons (Fsp3) is 0.364. The van der Waals surface area contributed by atoms with Crippen LogP contribution in [-0.4, -0.2) is 16.0 Å². The van der Waals surface area contributed by atoms with Crippen molar-refractivity contribution in [3.63, 3.8) is 0 Å². The largest absolute Gasteiger partial charge is 0.448 e. The first-order valence-corrected chi connectivity index (χ1v) is 9.88. The van der Waals surface area contributed by atoms with Crippen molar-refractivity contribution < 1.29 is 13.9 Å². The molecule has 1 saturated carbocycles. The molecule has 5 rings (SSSR count). The molecule has 1 aliphatic heterocycles. The maximum atomic E-state index is 6.21. The lowest BCUT2D eigenvalue weighted by Gasteiger charge is -2.31. The monoisotopic (exact) mass is 377 g/mol. The highest BCUT2D eigenvalue weighted by Crippen LogP contribution is 2.46. The van der Waals surface area contributed by atoms with E-state index < -0.39 is 5.79 Å². The summed E-state index contributed by atoms with van der Waals surface area (Å²) in [5, 5.41) is 11.8. The van der Waals surface area contributed by atoms with Crippen LogP contribution in [0.5, 0.6) is 11.5 Å². The summed E-state index contributed by atoms with van der Waals surface area (Å²) in [6, 6.07) is 15.6. The van der Waals surface area contributed by atoms with E-state index in [1.807, 2.05) is 55.5 Å². The van der Waals surface area contributed by atoms with Gasteiger partial charge in [0.2, 0.25) is 11.8 Å². The molecular weight excluding hydrogens is 354 g/mol. The van der Waals surface area contributed by atoms with E-state index in [-0.39, 0.29) is 6.04 Å². The smallest absolute Gasteiger partial charge is 0.251 e. The first-order valence-electron chi connectivity index (χ1n) is 9.88. The number of nitrogens with one attached hydrogen (secondary N) is 1. The van der Waals surface area contributed by atoms with Crippen LogP contribution in [0.3, 0.4) is 0 Å². The maximum Gasteiger partial charge on any atom is 0.251 e. The Labute approximate surface area is 163 Å². The molecule has 0 bridgehead atoms. The van der Waals surface area contributed by atoms with E-state index in [1.165, 1.54) is 6.42 Å². The van der Waals surface area contributed by atoms with E-state index >= 15 is 0 Å². The predicted molar refractivity (Wildman–Crippen MR) is 105 cm³/mol. The van der Waals surface area contributed by atoms with Crippen LogP contribution >= 0.6 is 0 Å². The molecule has 2 aromatic carbocycles. The van der Waals surface area contributed by atoms with Crippen molar-refractivity contribution in [3.05, 3.63) is 54.4 Å². The molecule has 1 aromatic heterocycles. The zero-order chi connectivity index (χ0) is 19.0. The molecule has 1 aliphatic carbocycles. The van der Waals surface area contributed by atoms with Crippen molar-refractivity contribution in [1.29, 1.82) is 0 Å². The minimum Gasteiger partial charge on any atom is -0.448 e. The van der Waals surface area contributed by atoms with Gasteiger partial charge in [-0.05, 0) is 44.0 Å². The van der Waals surface area contributed by atoms with Gasteiger partial charge in [-0.2, -0.15) is 0 Å². The Morgan fingerprint density at radius 3 is 2.54 bits per heavy atom. The van der Waals surface area contributed by atoms with Crippen LogP contribution in [0.4, 0.5) is 5.69 Å². The normalized spacial score (nSPS) is 18.2. The average Bonchev–Trinajstić information content (AvgIpc) is 3.34. The van der Waals surface area contributed by atoms with E-state index in [1.54, 1.807) is 0 Å². The molecule has 144 valence electrons. The van der Waals surface area contributed by atoms with Gasteiger partial charge in [-0.25, -0.2) is 0 Å². The molecule has 2 aliphatic rings. The topological polar surface area (TPSA) is 69.4 Å². The summed E-state index contributed by atoms with van der Waals surface area (Å²) in [6.07, 6.45) is 5.45. The first kappa shape index (κ1) is 17.1. The van der Waals surface area contributed by atoms with Gasteiger partial charge in [-0.3, -0.25) is 0 Å². The summed E-state index contributed by atoms with van der Waals surface area (Å²) in [6.45, 7) is 2.00. The quantitative estimate of drug-likeness (QED) is 0.662. The number of nitrogens with zero attached hydrogens (tertiary/aromatic N) is 2. The number of anilines is 1. The number of hydrogen-bond acceptors (Lipinski definition) is 6. The van der Waals surface area contributed by atoms with Crippen molar-refractivity contribution in [1.82, 2.24) is 10.2 Å². The van der Waals surface area contributed by atoms with E-state index in [2.05, 4.69) is 15.5 Å². The van der Waals surface area contributed by atoms with Crippen LogP contribution in [0.1, 0.15) is 51.0 Å². The minimum atomic E-state index is -0.456. The number of rotatable bonds is 4. The molecule has 1 fully saturated rings. The average molecular weight is 377 g/mol. The van der Waals surface area contributed by atoms with Gasteiger partial charge >= 0.3 is 0 Å². The summed E-state index contributed by atoms with van der Waals surface area (Å²) in [4.78, 5) is 0. The van der Waals surface area contributed by atoms with Gasteiger partial charge in [0.05, 0.1) is 0 Å². The number of hydrogen-bond donors (Lipinski definition) is 1. The predicted octanol–water partition coefficient (Wildman–Crippen LogP) is 5.34. The Morgan fingerprint density at radius 1 is 0.929 bits per heavy atom. The fourth-order valence-corrected chi connectivity index (χ4v) is 3.90. The van der Waals surface area contributed by atoms with Crippen molar-refractivity contribution >= 4 is 5.69 Å². The van der Waals surface area contributed by atoms with Crippen molar-refractivity contribution in [2.45, 2.75) is 50.9 Å². The third kappa shape index (κ3) is 3.19. The molecule has 0 radical (unpaired) electrons. The number of aromatic nitrogens is 2. The Bertz CT molecular complexity index is 964. The molecule has 1 atom stereocenters. The zero-order valence-corrected chi connectivity index (χ0v) is 15.9. The van der Waals surface area contributed by atoms with Gasteiger partial charge in [0.15, 0.2) is 11.5 Å². The number of benzene rings is 2. The standard InChI is InChI=1S/C22H23N3O3/c1-15(20-24-25-21(26-20)16-8-4-2-5-9-16)23-17-10-11-18-19(14-17)28-22(27-18)12-6-3-7-13-22/h2,4-5,8-11,14-15,23H,3,6-7,12-13H2,1H3/t15-/m0/s1. The highest BCUT2D eigenvalue weighted by molar-refractivity contribution is 5.57. The Kier molecular flexibility index (Phi) is 4.19. The Hall–Kier alpha value is -3.02. The Morgan fingerprint density at radius 2 is 1.71 bits per heavy atom. The molecule has 6 nitrogen and oxygen atoms in total. The molecule has 6 heteroatoms. The lowest BCUT2D eigenvalue weighted by atomic mass is 9.94. The van der Waals surface area contributed by atoms with E-state index in [0.29, 0.717) is 11.8 Å². The van der Waals surface area contributed by atoms with Gasteiger partial charge in [-0.1, -0.05) is 24.6 Å². The van der Waals surface area contributed by atoms with Crippen LogP contribution in [-0.2, 0) is 0 Å². The second-order valence-corrected chi connectivity index (χ2v) is 7.51. The highest BCUT2D eigenvalue weighted by atomic mass is 16.7. The lowest BCUT2D eigenvalue weighted by Crippen LogP contribution is -2.40. The molecule has 0 unspecified atom stereocenters. The molecule has 0 saturated heterocycles. The number of ether oxygens (including phenoxy) is 2. The summed E-state index contributed by atoms with van der Waals surface area (Å²) in [5.74, 6) is 2.23. The summed E-state index contributed by atoms with van der Waals surface area (Å²) in [7, 11) is 0. The van der Waals surface area contributed by atoms with Gasteiger partial charge < -0.3 is 19.2 Å². The van der Waals surface area contributed by atoms with Crippen LogP contribution in [0.2, 0.25) is 0 Å². The minimum absolute atomic E-state index is 0.131. The van der Waals surface area contributed by atoms with Crippen molar-refractivity contribution in [2.75, 3.05) is 5.32 Å². The van der Waals surface area contributed by atoms with Gasteiger partial charge in [0.25, 0.3) is 5.79 Å². The molecule has 1 N–H and O–H groups in total. The second-order valence-electron chi connectivity index (χ2n) is 7.51. The van der Waals surface area contributed by atoms with Crippen molar-refractivity contribution in [3.8, 4) is 23.0 Å². The number of fused-ring (bicyclic) bond motifs is 1. The Balaban J connectivity index is 1.30. The van der Waals surface area contributed by atoms with E-state index in [4.69, 9.17) is 13.9 Å². The van der Waals surface area contributed by atoms with Crippen LogP contribution in [0.15, 0.2) is 52.9 Å². The van der Waals surface area contributed by atoms with E-state index in [0.717, 1.165) is 48.4 Å². The zero-order valence-electron chi connectivity index (χ0n) is 15.9. The molecule has 0 amide bonds. The fourth-order valence-electron chi connectivity index (χ4n) is 3.90. The molecule has 28 heavy (non-hydrogen) atoms. The third-order valence-corrected chi connectivity index (χ3v) is 5.37. The summed E-state index contributed by atoms with van der Waals surface area (Å²) < 4.78 is 18.2. The molecular formula is C22H23N3O3. The van der Waals surface area contributed by atoms with Crippen molar-refractivity contribution in [2.24, 2.45) is 0 Å². The van der Waals surface area contributed by atoms with E-state index in [9.17, 15) is 0 Å². The summed E-state index contributed by atoms with van der Waals surface area (Å²) in [5.41, 5.74) is 1.84. The van der Waals surface area contributed by atoms with Crippen LogP contribution < -0.4 is 14.8 Å². The lowest BCUT2D eigenvalue weighted by molar-refractivity contribution is -0.105. The maximum absolute atomic E-state index is 6.21.